The number of anilines is 1. The Bertz CT molecular complexity index is 994. The van der Waals surface area contributed by atoms with Gasteiger partial charge in [0.15, 0.2) is 0 Å². The Balaban J connectivity index is 2.87. The molecule has 0 fully saturated rings. The van der Waals surface area contributed by atoms with Crippen molar-refractivity contribution in [3.05, 3.63) is 47.0 Å². The fourth-order valence-corrected chi connectivity index (χ4v) is 5.68. The summed E-state index contributed by atoms with van der Waals surface area (Å²) in [6, 6.07) is 7.22. The van der Waals surface area contributed by atoms with Gasteiger partial charge in [-0.1, -0.05) is 12.1 Å². The largest absolute Gasteiger partial charge is 0.399 e. The zero-order chi connectivity index (χ0) is 17.6. The highest BCUT2D eigenvalue weighted by Crippen LogP contribution is 2.32. The lowest BCUT2D eigenvalue weighted by Crippen LogP contribution is -2.19. The lowest BCUT2D eigenvalue weighted by Gasteiger charge is -2.14. The Morgan fingerprint density at radius 3 is 2.00 bits per heavy atom. The lowest BCUT2D eigenvalue weighted by molar-refractivity contribution is 0.582. The van der Waals surface area contributed by atoms with Crippen molar-refractivity contribution in [1.29, 1.82) is 0 Å². The van der Waals surface area contributed by atoms with Crippen molar-refractivity contribution >= 4 is 25.5 Å². The van der Waals surface area contributed by atoms with Crippen LogP contribution in [0, 0.1) is 20.8 Å². The van der Waals surface area contributed by atoms with Crippen LogP contribution in [0.15, 0.2) is 45.0 Å². The zero-order valence-corrected chi connectivity index (χ0v) is 14.6. The van der Waals surface area contributed by atoms with Gasteiger partial charge in [0.25, 0.3) is 0 Å². The molecule has 0 unspecified atom stereocenters. The van der Waals surface area contributed by atoms with Crippen LogP contribution in [0.1, 0.15) is 16.7 Å². The molecule has 0 amide bonds. The van der Waals surface area contributed by atoms with Crippen LogP contribution < -0.4 is 10.9 Å². The Hall–Kier alpha value is -1.90. The summed E-state index contributed by atoms with van der Waals surface area (Å²) >= 11 is 0. The minimum atomic E-state index is -4.19. The fraction of sp³-hybridized carbons (Fsp3) is 0.200. The molecule has 2 aromatic rings. The molecule has 2 rings (SSSR count). The number of sulfone groups is 1. The summed E-state index contributed by atoms with van der Waals surface area (Å²) in [4.78, 5) is -0.694. The molecule has 0 aliphatic rings. The second-order valence-corrected chi connectivity index (χ2v) is 8.81. The molecule has 4 N–H and O–H groups in total. The van der Waals surface area contributed by atoms with Crippen LogP contribution >= 0.6 is 0 Å². The van der Waals surface area contributed by atoms with E-state index in [-0.39, 0.29) is 20.2 Å². The number of nitrogens with two attached hydrogens (primary N) is 2. The Labute approximate surface area is 136 Å². The van der Waals surface area contributed by atoms with Gasteiger partial charge in [-0.15, -0.1) is 0 Å². The maximum Gasteiger partial charge on any atom is 0.239 e. The van der Waals surface area contributed by atoms with Gasteiger partial charge in [0.1, 0.15) is 4.90 Å². The molecule has 23 heavy (non-hydrogen) atoms. The van der Waals surface area contributed by atoms with Crippen molar-refractivity contribution in [2.75, 3.05) is 5.73 Å². The summed E-state index contributed by atoms with van der Waals surface area (Å²) in [6.45, 7) is 4.79. The minimum absolute atomic E-state index is 0.0136. The number of nitrogen functional groups attached to an aromatic ring is 1. The van der Waals surface area contributed by atoms with E-state index >= 15 is 0 Å². The van der Waals surface area contributed by atoms with Gasteiger partial charge in [-0.05, 0) is 55.7 Å². The second-order valence-electron chi connectivity index (χ2n) is 5.42. The van der Waals surface area contributed by atoms with Crippen molar-refractivity contribution in [3.63, 3.8) is 0 Å². The number of hydrogen-bond donors (Lipinski definition) is 2. The predicted octanol–water partition coefficient (Wildman–Crippen LogP) is 1.67. The van der Waals surface area contributed by atoms with E-state index in [2.05, 4.69) is 0 Å². The second kappa shape index (κ2) is 5.63. The van der Waals surface area contributed by atoms with Gasteiger partial charge < -0.3 is 5.73 Å². The van der Waals surface area contributed by atoms with Crippen molar-refractivity contribution < 1.29 is 16.8 Å². The Morgan fingerprint density at radius 2 is 1.43 bits per heavy atom. The van der Waals surface area contributed by atoms with E-state index in [9.17, 15) is 16.8 Å². The summed E-state index contributed by atoms with van der Waals surface area (Å²) in [7, 11) is -8.25. The third-order valence-corrected chi connectivity index (χ3v) is 6.78. The van der Waals surface area contributed by atoms with Crippen LogP contribution in [-0.4, -0.2) is 16.8 Å². The molecule has 2 aromatic carbocycles. The van der Waals surface area contributed by atoms with Crippen molar-refractivity contribution in [2.45, 2.75) is 35.5 Å². The number of aryl methyl sites for hydroxylation is 3. The monoisotopic (exact) mass is 354 g/mol. The summed E-state index contributed by atoms with van der Waals surface area (Å²) in [5, 5.41) is 5.21. The third-order valence-electron chi connectivity index (χ3n) is 3.60. The van der Waals surface area contributed by atoms with Crippen LogP contribution in [0.4, 0.5) is 5.69 Å². The molecular weight excluding hydrogens is 336 g/mol. The van der Waals surface area contributed by atoms with E-state index in [0.29, 0.717) is 16.8 Å². The van der Waals surface area contributed by atoms with Crippen LogP contribution in [0.25, 0.3) is 0 Å². The van der Waals surface area contributed by atoms with Gasteiger partial charge >= 0.3 is 0 Å². The number of benzene rings is 2. The van der Waals surface area contributed by atoms with Crippen molar-refractivity contribution in [1.82, 2.24) is 0 Å². The quantitative estimate of drug-likeness (QED) is 0.812. The van der Waals surface area contributed by atoms with Crippen LogP contribution in [-0.2, 0) is 19.9 Å². The Morgan fingerprint density at radius 1 is 0.826 bits per heavy atom. The van der Waals surface area contributed by atoms with E-state index in [1.54, 1.807) is 19.9 Å². The molecule has 0 saturated heterocycles. The lowest BCUT2D eigenvalue weighted by atomic mass is 10.1. The fourth-order valence-electron chi connectivity index (χ4n) is 2.42. The van der Waals surface area contributed by atoms with Crippen molar-refractivity contribution in [2.24, 2.45) is 5.14 Å². The molecule has 0 aromatic heterocycles. The first-order chi connectivity index (χ1) is 10.5. The predicted molar refractivity (Wildman–Crippen MR) is 88.3 cm³/mol. The van der Waals surface area contributed by atoms with Gasteiger partial charge in [0.05, 0.1) is 9.79 Å². The van der Waals surface area contributed by atoms with E-state index in [4.69, 9.17) is 10.9 Å². The Kier molecular flexibility index (Phi) is 4.27. The molecule has 0 spiro atoms. The zero-order valence-electron chi connectivity index (χ0n) is 13.0. The summed E-state index contributed by atoms with van der Waals surface area (Å²) in [5.41, 5.74) is 7.57. The maximum absolute atomic E-state index is 13.0. The van der Waals surface area contributed by atoms with Gasteiger partial charge in [-0.2, -0.15) is 0 Å². The van der Waals surface area contributed by atoms with E-state index in [0.717, 1.165) is 0 Å². The molecule has 0 atom stereocenters. The number of rotatable bonds is 3. The smallest absolute Gasteiger partial charge is 0.239 e. The molecule has 0 bridgehead atoms. The summed E-state index contributed by atoms with van der Waals surface area (Å²) in [5.74, 6) is 0. The van der Waals surface area contributed by atoms with Gasteiger partial charge in [0.2, 0.25) is 19.9 Å². The summed E-state index contributed by atoms with van der Waals surface area (Å²) in [6.07, 6.45) is 0. The third kappa shape index (κ3) is 3.10. The molecule has 0 aliphatic carbocycles. The first-order valence-electron chi connectivity index (χ1n) is 6.70. The highest BCUT2D eigenvalue weighted by Gasteiger charge is 2.29. The van der Waals surface area contributed by atoms with Gasteiger partial charge in [-0.25, -0.2) is 22.0 Å². The first-order valence-corrected chi connectivity index (χ1v) is 9.73. The van der Waals surface area contributed by atoms with E-state index in [1.807, 2.05) is 0 Å². The molecule has 6 nitrogen and oxygen atoms in total. The SMILES string of the molecule is Cc1cc(S(=O)(=O)c2cccc(C)c2S(N)(=O)=O)c(C)cc1N. The highest BCUT2D eigenvalue weighted by molar-refractivity contribution is 7.93. The normalized spacial score (nSPS) is 12.3. The van der Waals surface area contributed by atoms with Gasteiger partial charge in [0, 0.05) is 5.69 Å². The number of sulfonamides is 1. The maximum atomic E-state index is 13.0. The molecule has 0 radical (unpaired) electrons. The topological polar surface area (TPSA) is 120 Å². The average molecular weight is 354 g/mol. The van der Waals surface area contributed by atoms with Crippen LogP contribution in [0.2, 0.25) is 0 Å². The molecule has 124 valence electrons. The first kappa shape index (κ1) is 17.5. The van der Waals surface area contributed by atoms with Crippen LogP contribution in [0.5, 0.6) is 0 Å². The van der Waals surface area contributed by atoms with E-state index in [1.165, 1.54) is 31.2 Å². The average Bonchev–Trinajstić information content (AvgIpc) is 2.41. The van der Waals surface area contributed by atoms with Gasteiger partial charge in [-0.3, -0.25) is 0 Å². The molecular formula is C15H18N2O4S2. The number of hydrogen-bond acceptors (Lipinski definition) is 5. The molecule has 8 heteroatoms. The standard InChI is InChI=1S/C15H18N2O4S2/c1-9-5-4-6-13(15(9)23(17,20)21)22(18,19)14-8-10(2)12(16)7-11(14)3/h4-8H,16H2,1-3H3,(H2,17,20,21). The van der Waals surface area contributed by atoms with Crippen molar-refractivity contribution in [3.8, 4) is 0 Å². The molecule has 0 heterocycles. The highest BCUT2D eigenvalue weighted by atomic mass is 32.2. The number of primary sulfonamides is 1. The summed E-state index contributed by atoms with van der Waals surface area (Å²) < 4.78 is 49.7. The van der Waals surface area contributed by atoms with E-state index < -0.39 is 19.9 Å². The minimum Gasteiger partial charge on any atom is -0.399 e. The van der Waals surface area contributed by atoms with Crippen LogP contribution in [0.3, 0.4) is 0 Å². The molecule has 0 aliphatic heterocycles. The molecule has 0 saturated carbocycles.